The molecule has 0 aliphatic heterocycles. The standard InChI is InChI=1S/C17H26N2O2/c1-17(2,3)15(18)16(20)19-10-13-6-4-5-7-14(13)21-11-12-8-9-12/h4-7,12,15H,8-11,18H2,1-3H3,(H,19,20)/t15-/m1/s1. The number of nitrogens with one attached hydrogen (secondary N) is 1. The Hall–Kier alpha value is -1.55. The maximum atomic E-state index is 12.1. The number of hydrogen-bond donors (Lipinski definition) is 2. The largest absolute Gasteiger partial charge is 0.493 e. The second kappa shape index (κ2) is 6.48. The summed E-state index contributed by atoms with van der Waals surface area (Å²) in [7, 11) is 0. The van der Waals surface area contributed by atoms with Crippen molar-refractivity contribution < 1.29 is 9.53 Å². The first kappa shape index (κ1) is 15.8. The van der Waals surface area contributed by atoms with E-state index in [4.69, 9.17) is 10.5 Å². The molecule has 1 aromatic rings. The zero-order valence-corrected chi connectivity index (χ0v) is 13.2. The molecule has 4 nitrogen and oxygen atoms in total. The topological polar surface area (TPSA) is 64.4 Å². The lowest BCUT2D eigenvalue weighted by atomic mass is 9.87. The van der Waals surface area contributed by atoms with Crippen LogP contribution >= 0.6 is 0 Å². The van der Waals surface area contributed by atoms with Crippen LogP contribution in [0.2, 0.25) is 0 Å². The number of para-hydroxylation sites is 1. The molecular formula is C17H26N2O2. The Morgan fingerprint density at radius 2 is 2.05 bits per heavy atom. The highest BCUT2D eigenvalue weighted by Crippen LogP contribution is 2.30. The van der Waals surface area contributed by atoms with Crippen LogP contribution in [0.4, 0.5) is 0 Å². The van der Waals surface area contributed by atoms with Crippen molar-refractivity contribution in [2.45, 2.75) is 46.2 Å². The van der Waals surface area contributed by atoms with E-state index in [1.54, 1.807) is 0 Å². The first-order valence-corrected chi connectivity index (χ1v) is 7.62. The molecule has 21 heavy (non-hydrogen) atoms. The van der Waals surface area contributed by atoms with Gasteiger partial charge >= 0.3 is 0 Å². The Labute approximate surface area is 127 Å². The van der Waals surface area contributed by atoms with E-state index in [0.29, 0.717) is 12.5 Å². The minimum absolute atomic E-state index is 0.125. The van der Waals surface area contributed by atoms with Crippen molar-refractivity contribution in [1.29, 1.82) is 0 Å². The van der Waals surface area contributed by atoms with Crippen molar-refractivity contribution in [3.8, 4) is 5.75 Å². The minimum atomic E-state index is -0.517. The minimum Gasteiger partial charge on any atom is -0.493 e. The molecule has 1 atom stereocenters. The van der Waals surface area contributed by atoms with Crippen LogP contribution in [0.3, 0.4) is 0 Å². The summed E-state index contributed by atoms with van der Waals surface area (Å²) in [6.07, 6.45) is 2.53. The highest BCUT2D eigenvalue weighted by atomic mass is 16.5. The zero-order valence-electron chi connectivity index (χ0n) is 13.2. The maximum Gasteiger partial charge on any atom is 0.237 e. The third-order valence-electron chi connectivity index (χ3n) is 3.81. The number of rotatable bonds is 6. The van der Waals surface area contributed by atoms with Gasteiger partial charge in [-0.05, 0) is 30.2 Å². The van der Waals surface area contributed by atoms with Gasteiger partial charge in [0.25, 0.3) is 0 Å². The molecule has 0 heterocycles. The maximum absolute atomic E-state index is 12.1. The number of benzene rings is 1. The molecular weight excluding hydrogens is 264 g/mol. The fourth-order valence-electron chi connectivity index (χ4n) is 1.97. The molecule has 1 aromatic carbocycles. The molecule has 2 rings (SSSR count). The van der Waals surface area contributed by atoms with Gasteiger partial charge in [0.1, 0.15) is 5.75 Å². The van der Waals surface area contributed by atoms with Crippen molar-refractivity contribution >= 4 is 5.91 Å². The number of amides is 1. The summed E-state index contributed by atoms with van der Waals surface area (Å²) in [4.78, 5) is 12.1. The smallest absolute Gasteiger partial charge is 0.237 e. The quantitative estimate of drug-likeness (QED) is 0.846. The van der Waals surface area contributed by atoms with Gasteiger partial charge in [-0.1, -0.05) is 39.0 Å². The second-order valence-corrected chi connectivity index (χ2v) is 6.92. The monoisotopic (exact) mass is 290 g/mol. The lowest BCUT2D eigenvalue weighted by molar-refractivity contribution is -0.124. The van der Waals surface area contributed by atoms with Crippen molar-refractivity contribution in [3.63, 3.8) is 0 Å². The summed E-state index contributed by atoms with van der Waals surface area (Å²) in [6, 6.07) is 7.32. The third-order valence-corrected chi connectivity index (χ3v) is 3.81. The summed E-state index contributed by atoms with van der Waals surface area (Å²) in [5, 5.41) is 2.90. The Balaban J connectivity index is 1.91. The van der Waals surface area contributed by atoms with E-state index >= 15 is 0 Å². The molecule has 1 saturated carbocycles. The van der Waals surface area contributed by atoms with Crippen molar-refractivity contribution in [2.24, 2.45) is 17.1 Å². The van der Waals surface area contributed by atoms with E-state index < -0.39 is 6.04 Å². The molecule has 1 aliphatic carbocycles. The third kappa shape index (κ3) is 4.74. The van der Waals surface area contributed by atoms with E-state index in [0.717, 1.165) is 17.9 Å². The van der Waals surface area contributed by atoms with Gasteiger partial charge in [-0.2, -0.15) is 0 Å². The number of carbonyl (C=O) groups is 1. The highest BCUT2D eigenvalue weighted by molar-refractivity contribution is 5.82. The van der Waals surface area contributed by atoms with Crippen LogP contribution in [0.5, 0.6) is 5.75 Å². The molecule has 0 radical (unpaired) electrons. The first-order chi connectivity index (χ1) is 9.88. The summed E-state index contributed by atoms with van der Waals surface area (Å²) in [6.45, 7) is 7.10. The molecule has 1 amide bonds. The van der Waals surface area contributed by atoms with Crippen LogP contribution in [-0.4, -0.2) is 18.6 Å². The Bertz CT molecular complexity index is 490. The Morgan fingerprint density at radius 1 is 1.38 bits per heavy atom. The molecule has 4 heteroatoms. The van der Waals surface area contributed by atoms with Gasteiger partial charge in [0.05, 0.1) is 12.6 Å². The second-order valence-electron chi connectivity index (χ2n) is 6.92. The van der Waals surface area contributed by atoms with E-state index in [2.05, 4.69) is 5.32 Å². The van der Waals surface area contributed by atoms with Crippen LogP contribution in [0.1, 0.15) is 39.2 Å². The van der Waals surface area contributed by atoms with Gasteiger partial charge in [-0.15, -0.1) is 0 Å². The van der Waals surface area contributed by atoms with Crippen molar-refractivity contribution in [1.82, 2.24) is 5.32 Å². The number of nitrogens with two attached hydrogens (primary N) is 1. The predicted octanol–water partition coefficient (Wildman–Crippen LogP) is 2.46. The van der Waals surface area contributed by atoms with Gasteiger partial charge in [0.15, 0.2) is 0 Å². The van der Waals surface area contributed by atoms with Gasteiger partial charge < -0.3 is 15.8 Å². The van der Waals surface area contributed by atoms with Gasteiger partial charge in [-0.3, -0.25) is 4.79 Å². The van der Waals surface area contributed by atoms with Crippen LogP contribution in [0, 0.1) is 11.3 Å². The fraction of sp³-hybridized carbons (Fsp3) is 0.588. The van der Waals surface area contributed by atoms with Crippen LogP contribution in [-0.2, 0) is 11.3 Å². The van der Waals surface area contributed by atoms with Crippen molar-refractivity contribution in [2.75, 3.05) is 6.61 Å². The van der Waals surface area contributed by atoms with Gasteiger partial charge in [-0.25, -0.2) is 0 Å². The summed E-state index contributed by atoms with van der Waals surface area (Å²) in [5.74, 6) is 1.44. The Morgan fingerprint density at radius 3 is 2.67 bits per heavy atom. The van der Waals surface area contributed by atoms with Crippen LogP contribution in [0.15, 0.2) is 24.3 Å². The van der Waals surface area contributed by atoms with Crippen LogP contribution < -0.4 is 15.8 Å². The Kier molecular flexibility index (Phi) is 4.88. The van der Waals surface area contributed by atoms with Crippen molar-refractivity contribution in [3.05, 3.63) is 29.8 Å². The molecule has 3 N–H and O–H groups in total. The number of carbonyl (C=O) groups excluding carboxylic acids is 1. The van der Waals surface area contributed by atoms with E-state index in [1.807, 2.05) is 45.0 Å². The molecule has 0 spiro atoms. The lowest BCUT2D eigenvalue weighted by Gasteiger charge is -2.26. The zero-order chi connectivity index (χ0) is 15.5. The molecule has 1 fully saturated rings. The molecule has 0 bridgehead atoms. The molecule has 0 saturated heterocycles. The molecule has 116 valence electrons. The van der Waals surface area contributed by atoms with E-state index in [9.17, 15) is 4.79 Å². The predicted molar refractivity (Wildman–Crippen MR) is 83.9 cm³/mol. The average molecular weight is 290 g/mol. The normalized spacial score (nSPS) is 16.4. The first-order valence-electron chi connectivity index (χ1n) is 7.62. The summed E-state index contributed by atoms with van der Waals surface area (Å²) in [5.41, 5.74) is 6.71. The SMILES string of the molecule is CC(C)(C)[C@H](N)C(=O)NCc1ccccc1OCC1CC1. The van der Waals surface area contributed by atoms with E-state index in [1.165, 1.54) is 12.8 Å². The number of hydrogen-bond acceptors (Lipinski definition) is 3. The van der Waals surface area contributed by atoms with Gasteiger partial charge in [0, 0.05) is 12.1 Å². The fourth-order valence-corrected chi connectivity index (χ4v) is 1.97. The molecule has 1 aliphatic rings. The molecule has 0 unspecified atom stereocenters. The molecule has 0 aromatic heterocycles. The number of ether oxygens (including phenoxy) is 1. The van der Waals surface area contributed by atoms with Crippen LogP contribution in [0.25, 0.3) is 0 Å². The average Bonchev–Trinajstić information content (AvgIpc) is 3.25. The highest BCUT2D eigenvalue weighted by Gasteiger charge is 2.27. The van der Waals surface area contributed by atoms with Gasteiger partial charge in [0.2, 0.25) is 5.91 Å². The summed E-state index contributed by atoms with van der Waals surface area (Å²) < 4.78 is 5.84. The lowest BCUT2D eigenvalue weighted by Crippen LogP contribution is -2.48. The van der Waals surface area contributed by atoms with E-state index in [-0.39, 0.29) is 11.3 Å². The summed E-state index contributed by atoms with van der Waals surface area (Å²) >= 11 is 0.